The van der Waals surface area contributed by atoms with Crippen molar-refractivity contribution in [3.05, 3.63) is 10.6 Å². The second-order valence-electron chi connectivity index (χ2n) is 6.03. The Labute approximate surface area is 127 Å². The van der Waals surface area contributed by atoms with Crippen LogP contribution in [-0.2, 0) is 6.54 Å². The van der Waals surface area contributed by atoms with E-state index in [1.165, 1.54) is 41.5 Å². The van der Waals surface area contributed by atoms with Gasteiger partial charge in [-0.05, 0) is 44.6 Å². The molecule has 114 valence electrons. The van der Waals surface area contributed by atoms with Crippen LogP contribution in [0.4, 0.5) is 5.13 Å². The molecule has 4 heteroatoms. The Kier molecular flexibility index (Phi) is 5.85. The van der Waals surface area contributed by atoms with Crippen LogP contribution in [0.3, 0.4) is 0 Å². The summed E-state index contributed by atoms with van der Waals surface area (Å²) in [5, 5.41) is 4.54. The summed E-state index contributed by atoms with van der Waals surface area (Å²) in [6.45, 7) is 10.1. The highest BCUT2D eigenvalue weighted by Crippen LogP contribution is 2.36. The average Bonchev–Trinajstić information content (AvgIpc) is 3.16. The largest absolute Gasteiger partial charge is 0.348 e. The van der Waals surface area contributed by atoms with E-state index in [4.69, 9.17) is 4.98 Å². The SMILES string of the molecule is CCCN(CC1CC1)c1nc(C(C)CC)c(CNC)s1. The maximum Gasteiger partial charge on any atom is 0.185 e. The smallest absolute Gasteiger partial charge is 0.185 e. The highest BCUT2D eigenvalue weighted by Gasteiger charge is 2.26. The second kappa shape index (κ2) is 7.41. The first kappa shape index (κ1) is 15.8. The van der Waals surface area contributed by atoms with Crippen LogP contribution in [0.1, 0.15) is 62.9 Å². The first-order chi connectivity index (χ1) is 9.69. The molecule has 1 aliphatic rings. The standard InChI is InChI=1S/C16H29N3S/c1-5-9-19(11-13-7-8-13)16-18-15(12(3)6-2)14(20-16)10-17-4/h12-13,17H,5-11H2,1-4H3. The summed E-state index contributed by atoms with van der Waals surface area (Å²) in [6, 6.07) is 0. The van der Waals surface area contributed by atoms with Crippen molar-refractivity contribution in [2.45, 2.75) is 58.9 Å². The Morgan fingerprint density at radius 2 is 2.15 bits per heavy atom. The predicted molar refractivity (Wildman–Crippen MR) is 88.8 cm³/mol. The summed E-state index contributed by atoms with van der Waals surface area (Å²) in [4.78, 5) is 8.95. The van der Waals surface area contributed by atoms with E-state index in [1.54, 1.807) is 0 Å². The highest BCUT2D eigenvalue weighted by atomic mass is 32.1. The van der Waals surface area contributed by atoms with E-state index in [-0.39, 0.29) is 0 Å². The number of thiazole rings is 1. The minimum atomic E-state index is 0.563. The van der Waals surface area contributed by atoms with Gasteiger partial charge < -0.3 is 10.2 Å². The van der Waals surface area contributed by atoms with E-state index in [0.717, 1.165) is 25.4 Å². The summed E-state index contributed by atoms with van der Waals surface area (Å²) >= 11 is 1.90. The lowest BCUT2D eigenvalue weighted by Crippen LogP contribution is -2.26. The van der Waals surface area contributed by atoms with Crippen molar-refractivity contribution < 1.29 is 0 Å². The number of rotatable bonds is 9. The van der Waals surface area contributed by atoms with Gasteiger partial charge in [0, 0.05) is 24.5 Å². The molecule has 0 bridgehead atoms. The number of aromatic nitrogens is 1. The van der Waals surface area contributed by atoms with Crippen LogP contribution in [-0.4, -0.2) is 25.1 Å². The van der Waals surface area contributed by atoms with E-state index in [9.17, 15) is 0 Å². The van der Waals surface area contributed by atoms with E-state index >= 15 is 0 Å². The fourth-order valence-electron chi connectivity index (χ4n) is 2.50. The molecule has 1 fully saturated rings. The molecule has 1 aromatic rings. The van der Waals surface area contributed by atoms with Gasteiger partial charge >= 0.3 is 0 Å². The molecular formula is C16H29N3S. The van der Waals surface area contributed by atoms with Crippen molar-refractivity contribution in [2.24, 2.45) is 5.92 Å². The zero-order valence-electron chi connectivity index (χ0n) is 13.4. The van der Waals surface area contributed by atoms with Gasteiger partial charge in [-0.2, -0.15) is 0 Å². The zero-order valence-corrected chi connectivity index (χ0v) is 14.2. The van der Waals surface area contributed by atoms with Gasteiger partial charge in [0.1, 0.15) is 0 Å². The van der Waals surface area contributed by atoms with Crippen LogP contribution in [0.25, 0.3) is 0 Å². The molecule has 1 atom stereocenters. The maximum absolute atomic E-state index is 5.00. The fraction of sp³-hybridized carbons (Fsp3) is 0.812. The van der Waals surface area contributed by atoms with Crippen molar-refractivity contribution in [1.82, 2.24) is 10.3 Å². The predicted octanol–water partition coefficient (Wildman–Crippen LogP) is 4.00. The molecule has 0 aromatic carbocycles. The summed E-state index contributed by atoms with van der Waals surface area (Å²) in [7, 11) is 2.02. The molecule has 1 heterocycles. The summed E-state index contributed by atoms with van der Waals surface area (Å²) < 4.78 is 0. The monoisotopic (exact) mass is 295 g/mol. The number of anilines is 1. The molecule has 1 aliphatic carbocycles. The van der Waals surface area contributed by atoms with Gasteiger partial charge in [-0.3, -0.25) is 0 Å². The van der Waals surface area contributed by atoms with Crippen LogP contribution >= 0.6 is 11.3 Å². The number of nitrogens with zero attached hydrogens (tertiary/aromatic N) is 2. The van der Waals surface area contributed by atoms with Gasteiger partial charge in [0.25, 0.3) is 0 Å². The Morgan fingerprint density at radius 1 is 1.40 bits per heavy atom. The van der Waals surface area contributed by atoms with E-state index in [1.807, 2.05) is 18.4 Å². The van der Waals surface area contributed by atoms with Crippen LogP contribution in [0, 0.1) is 5.92 Å². The second-order valence-corrected chi connectivity index (χ2v) is 7.10. The van der Waals surface area contributed by atoms with Crippen LogP contribution in [0.15, 0.2) is 0 Å². The molecule has 2 rings (SSSR count). The third-order valence-electron chi connectivity index (χ3n) is 4.07. The van der Waals surface area contributed by atoms with Gasteiger partial charge in [-0.1, -0.05) is 20.8 Å². The number of hydrogen-bond donors (Lipinski definition) is 1. The molecular weight excluding hydrogens is 266 g/mol. The van der Waals surface area contributed by atoms with Gasteiger partial charge in [0.2, 0.25) is 0 Å². The molecule has 1 unspecified atom stereocenters. The topological polar surface area (TPSA) is 28.2 Å². The Morgan fingerprint density at radius 3 is 2.70 bits per heavy atom. The minimum absolute atomic E-state index is 0.563. The van der Waals surface area contributed by atoms with Crippen LogP contribution in [0.5, 0.6) is 0 Å². The lowest BCUT2D eigenvalue weighted by Gasteiger charge is -2.20. The summed E-state index contributed by atoms with van der Waals surface area (Å²) in [5.41, 5.74) is 1.32. The summed E-state index contributed by atoms with van der Waals surface area (Å²) in [5.74, 6) is 1.48. The van der Waals surface area contributed by atoms with Gasteiger partial charge in [-0.25, -0.2) is 4.98 Å². The molecule has 0 saturated heterocycles. The van der Waals surface area contributed by atoms with E-state index < -0.39 is 0 Å². The number of nitrogens with one attached hydrogen (secondary N) is 1. The first-order valence-corrected chi connectivity index (χ1v) is 8.90. The fourth-order valence-corrected chi connectivity index (χ4v) is 3.73. The molecule has 1 aromatic heterocycles. The third-order valence-corrected chi connectivity index (χ3v) is 5.20. The van der Waals surface area contributed by atoms with Crippen molar-refractivity contribution in [1.29, 1.82) is 0 Å². The molecule has 20 heavy (non-hydrogen) atoms. The molecule has 0 spiro atoms. The number of hydrogen-bond acceptors (Lipinski definition) is 4. The van der Waals surface area contributed by atoms with Crippen molar-refractivity contribution in [3.63, 3.8) is 0 Å². The third kappa shape index (κ3) is 3.95. The van der Waals surface area contributed by atoms with E-state index in [0.29, 0.717) is 5.92 Å². The molecule has 0 radical (unpaired) electrons. The van der Waals surface area contributed by atoms with Crippen LogP contribution in [0.2, 0.25) is 0 Å². The van der Waals surface area contributed by atoms with Gasteiger partial charge in [0.05, 0.1) is 5.69 Å². The zero-order chi connectivity index (χ0) is 14.5. The normalized spacial score (nSPS) is 16.4. The minimum Gasteiger partial charge on any atom is -0.348 e. The first-order valence-electron chi connectivity index (χ1n) is 8.08. The van der Waals surface area contributed by atoms with Crippen molar-refractivity contribution in [3.8, 4) is 0 Å². The van der Waals surface area contributed by atoms with Crippen LogP contribution < -0.4 is 10.2 Å². The maximum atomic E-state index is 5.00. The molecule has 0 amide bonds. The summed E-state index contributed by atoms with van der Waals surface area (Å²) in [6.07, 6.45) is 5.18. The molecule has 1 N–H and O–H groups in total. The molecule has 0 aliphatic heterocycles. The average molecular weight is 295 g/mol. The Bertz CT molecular complexity index is 412. The lowest BCUT2D eigenvalue weighted by atomic mass is 10.0. The Hall–Kier alpha value is -0.610. The van der Waals surface area contributed by atoms with Crippen molar-refractivity contribution in [2.75, 3.05) is 25.0 Å². The highest BCUT2D eigenvalue weighted by molar-refractivity contribution is 7.15. The van der Waals surface area contributed by atoms with E-state index in [2.05, 4.69) is 31.0 Å². The van der Waals surface area contributed by atoms with Crippen molar-refractivity contribution >= 4 is 16.5 Å². The molecule has 3 nitrogen and oxygen atoms in total. The lowest BCUT2D eigenvalue weighted by molar-refractivity contribution is 0.680. The van der Waals surface area contributed by atoms with Gasteiger partial charge in [-0.15, -0.1) is 11.3 Å². The van der Waals surface area contributed by atoms with Gasteiger partial charge in [0.15, 0.2) is 5.13 Å². The Balaban J connectivity index is 2.19. The quantitative estimate of drug-likeness (QED) is 0.746. The molecule has 1 saturated carbocycles.